The molecular formula is C17H22BrN3O2. The molecule has 0 aliphatic rings. The molecule has 0 fully saturated rings. The minimum absolute atomic E-state index is 0.296. The predicted molar refractivity (Wildman–Crippen MR) is 95.2 cm³/mol. The number of rotatable bonds is 6. The molecule has 1 aromatic carbocycles. The van der Waals surface area contributed by atoms with Gasteiger partial charge in [0.1, 0.15) is 11.4 Å². The summed E-state index contributed by atoms with van der Waals surface area (Å²) in [5.41, 5.74) is 0.00418. The zero-order valence-electron chi connectivity index (χ0n) is 13.3. The molecule has 3 N–H and O–H groups in total. The van der Waals surface area contributed by atoms with E-state index in [-0.39, 0.29) is 0 Å². The molecule has 23 heavy (non-hydrogen) atoms. The Bertz CT molecular complexity index is 639. The van der Waals surface area contributed by atoms with Crippen molar-refractivity contribution in [3.8, 4) is 0 Å². The highest BCUT2D eigenvalue weighted by atomic mass is 79.9. The molecule has 0 amide bonds. The Labute approximate surface area is 144 Å². The van der Waals surface area contributed by atoms with Crippen molar-refractivity contribution in [3.05, 3.63) is 58.5 Å². The maximum Gasteiger partial charge on any atom is 0.191 e. The van der Waals surface area contributed by atoms with Gasteiger partial charge in [0, 0.05) is 11.0 Å². The van der Waals surface area contributed by atoms with Crippen LogP contribution in [0.3, 0.4) is 0 Å². The van der Waals surface area contributed by atoms with Crippen LogP contribution < -0.4 is 10.6 Å². The van der Waals surface area contributed by atoms with Crippen LogP contribution in [-0.2, 0) is 12.1 Å². The van der Waals surface area contributed by atoms with Gasteiger partial charge < -0.3 is 20.2 Å². The second-order valence-electron chi connectivity index (χ2n) is 5.43. The molecule has 1 atom stereocenters. The van der Waals surface area contributed by atoms with E-state index in [1.165, 1.54) is 0 Å². The Morgan fingerprint density at radius 1 is 1.30 bits per heavy atom. The number of benzene rings is 1. The minimum atomic E-state index is -1.10. The Kier molecular flexibility index (Phi) is 6.24. The summed E-state index contributed by atoms with van der Waals surface area (Å²) < 4.78 is 6.31. The van der Waals surface area contributed by atoms with Crippen LogP contribution in [0, 0.1) is 0 Å². The number of aliphatic imine (C=N–C) groups is 1. The Morgan fingerprint density at radius 2 is 2.13 bits per heavy atom. The summed E-state index contributed by atoms with van der Waals surface area (Å²) in [6.45, 7) is 5.30. The molecule has 1 aromatic heterocycles. The summed E-state index contributed by atoms with van der Waals surface area (Å²) >= 11 is 3.46. The second-order valence-corrected chi connectivity index (χ2v) is 6.35. The lowest BCUT2D eigenvalue weighted by Gasteiger charge is -2.22. The third-order valence-electron chi connectivity index (χ3n) is 3.31. The topological polar surface area (TPSA) is 69.8 Å². The van der Waals surface area contributed by atoms with Crippen molar-refractivity contribution in [1.82, 2.24) is 10.6 Å². The molecule has 0 aliphatic carbocycles. The van der Waals surface area contributed by atoms with E-state index < -0.39 is 5.60 Å². The number of nitrogens with zero attached hydrogens (tertiary/aromatic N) is 1. The van der Waals surface area contributed by atoms with Gasteiger partial charge in [0.25, 0.3) is 0 Å². The number of furan rings is 1. The quantitative estimate of drug-likeness (QED) is 0.532. The molecule has 0 spiro atoms. The Balaban J connectivity index is 1.99. The first-order chi connectivity index (χ1) is 11.0. The van der Waals surface area contributed by atoms with E-state index in [0.717, 1.165) is 16.6 Å². The van der Waals surface area contributed by atoms with Gasteiger partial charge in [0.2, 0.25) is 0 Å². The maximum atomic E-state index is 10.5. The van der Waals surface area contributed by atoms with Gasteiger partial charge in [-0.2, -0.15) is 0 Å². The molecule has 0 saturated carbocycles. The van der Waals surface area contributed by atoms with E-state index in [1.54, 1.807) is 25.3 Å². The standard InChI is InChI=1S/C17H22BrN3O2/c1-3-19-16(20-11-13-6-4-7-14(18)10-13)21-12-17(2,22)15-8-5-9-23-15/h4-10,22H,3,11-12H2,1-2H3,(H2,19,20,21). The summed E-state index contributed by atoms with van der Waals surface area (Å²) in [6.07, 6.45) is 1.55. The van der Waals surface area contributed by atoms with Crippen LogP contribution in [0.1, 0.15) is 25.2 Å². The van der Waals surface area contributed by atoms with Crippen molar-refractivity contribution < 1.29 is 9.52 Å². The number of hydrogen-bond donors (Lipinski definition) is 3. The highest BCUT2D eigenvalue weighted by Crippen LogP contribution is 2.19. The van der Waals surface area contributed by atoms with Gasteiger partial charge in [-0.3, -0.25) is 0 Å². The van der Waals surface area contributed by atoms with Crippen molar-refractivity contribution in [1.29, 1.82) is 0 Å². The molecule has 6 heteroatoms. The molecule has 2 rings (SSSR count). The van der Waals surface area contributed by atoms with E-state index >= 15 is 0 Å². The van der Waals surface area contributed by atoms with Gasteiger partial charge in [-0.25, -0.2) is 4.99 Å². The van der Waals surface area contributed by atoms with E-state index in [1.807, 2.05) is 31.2 Å². The van der Waals surface area contributed by atoms with Crippen LogP contribution >= 0.6 is 15.9 Å². The zero-order valence-corrected chi connectivity index (χ0v) is 14.9. The first-order valence-electron chi connectivity index (χ1n) is 7.54. The fraction of sp³-hybridized carbons (Fsp3) is 0.353. The van der Waals surface area contributed by atoms with Gasteiger partial charge in [-0.15, -0.1) is 0 Å². The summed E-state index contributed by atoms with van der Waals surface area (Å²) in [5.74, 6) is 1.17. The van der Waals surface area contributed by atoms with Crippen molar-refractivity contribution in [2.45, 2.75) is 26.0 Å². The summed E-state index contributed by atoms with van der Waals surface area (Å²) in [5, 5.41) is 16.8. The number of aliphatic hydroxyl groups is 1. The lowest BCUT2D eigenvalue weighted by atomic mass is 10.0. The van der Waals surface area contributed by atoms with Crippen LogP contribution in [0.5, 0.6) is 0 Å². The van der Waals surface area contributed by atoms with Gasteiger partial charge in [-0.05, 0) is 43.7 Å². The third-order valence-corrected chi connectivity index (χ3v) is 3.80. The van der Waals surface area contributed by atoms with Crippen LogP contribution in [-0.4, -0.2) is 24.2 Å². The lowest BCUT2D eigenvalue weighted by molar-refractivity contribution is 0.0386. The molecule has 2 aromatic rings. The van der Waals surface area contributed by atoms with Crippen molar-refractivity contribution in [2.24, 2.45) is 4.99 Å². The van der Waals surface area contributed by atoms with Gasteiger partial charge in [0.05, 0.1) is 19.4 Å². The molecule has 0 bridgehead atoms. The molecule has 0 aliphatic heterocycles. The first kappa shape index (κ1) is 17.6. The van der Waals surface area contributed by atoms with Crippen molar-refractivity contribution >= 4 is 21.9 Å². The Hall–Kier alpha value is -1.79. The molecule has 1 heterocycles. The van der Waals surface area contributed by atoms with Gasteiger partial charge in [0.15, 0.2) is 5.96 Å². The first-order valence-corrected chi connectivity index (χ1v) is 8.33. The summed E-state index contributed by atoms with van der Waals surface area (Å²) in [4.78, 5) is 4.54. The molecule has 1 unspecified atom stereocenters. The Morgan fingerprint density at radius 3 is 2.78 bits per heavy atom. The highest BCUT2D eigenvalue weighted by Gasteiger charge is 2.26. The zero-order chi connectivity index (χ0) is 16.7. The van der Waals surface area contributed by atoms with Crippen LogP contribution in [0.4, 0.5) is 0 Å². The predicted octanol–water partition coefficient (Wildman–Crippen LogP) is 3.00. The lowest BCUT2D eigenvalue weighted by Crippen LogP contribution is -2.44. The largest absolute Gasteiger partial charge is 0.466 e. The number of nitrogens with one attached hydrogen (secondary N) is 2. The molecule has 0 radical (unpaired) electrons. The summed E-state index contributed by atoms with van der Waals surface area (Å²) in [6, 6.07) is 11.5. The average Bonchev–Trinajstić information content (AvgIpc) is 3.05. The SMILES string of the molecule is CCNC(=NCc1cccc(Br)c1)NCC(C)(O)c1ccco1. The molecule has 124 valence electrons. The third kappa shape index (κ3) is 5.41. The van der Waals surface area contributed by atoms with E-state index in [4.69, 9.17) is 4.42 Å². The molecule has 5 nitrogen and oxygen atoms in total. The maximum absolute atomic E-state index is 10.5. The van der Waals surface area contributed by atoms with Crippen LogP contribution in [0.25, 0.3) is 0 Å². The monoisotopic (exact) mass is 379 g/mol. The fourth-order valence-corrected chi connectivity index (χ4v) is 2.52. The second kappa shape index (κ2) is 8.17. The van der Waals surface area contributed by atoms with E-state index in [9.17, 15) is 5.11 Å². The van der Waals surface area contributed by atoms with Gasteiger partial charge in [-0.1, -0.05) is 28.1 Å². The van der Waals surface area contributed by atoms with Crippen molar-refractivity contribution in [3.63, 3.8) is 0 Å². The van der Waals surface area contributed by atoms with Crippen LogP contribution in [0.2, 0.25) is 0 Å². The molecule has 0 saturated heterocycles. The van der Waals surface area contributed by atoms with Gasteiger partial charge >= 0.3 is 0 Å². The normalized spacial score (nSPS) is 14.3. The molecular weight excluding hydrogens is 358 g/mol. The highest BCUT2D eigenvalue weighted by molar-refractivity contribution is 9.10. The van der Waals surface area contributed by atoms with E-state index in [2.05, 4.69) is 31.6 Å². The minimum Gasteiger partial charge on any atom is -0.466 e. The number of halogens is 1. The van der Waals surface area contributed by atoms with Crippen molar-refractivity contribution in [2.75, 3.05) is 13.1 Å². The fourth-order valence-electron chi connectivity index (χ4n) is 2.08. The smallest absolute Gasteiger partial charge is 0.191 e. The summed E-state index contributed by atoms with van der Waals surface area (Å²) in [7, 11) is 0. The average molecular weight is 380 g/mol. The number of guanidine groups is 1. The van der Waals surface area contributed by atoms with Crippen LogP contribution in [0.15, 0.2) is 56.5 Å². The van der Waals surface area contributed by atoms with E-state index in [0.29, 0.717) is 24.8 Å². The number of hydrogen-bond acceptors (Lipinski definition) is 3.